The molecule has 34 heavy (non-hydrogen) atoms. The minimum absolute atomic E-state index is 0.566. The summed E-state index contributed by atoms with van der Waals surface area (Å²) >= 11 is 19.9. The summed E-state index contributed by atoms with van der Waals surface area (Å²) in [6, 6.07) is 5.81. The molecule has 3 nitrogen and oxygen atoms in total. The van der Waals surface area contributed by atoms with E-state index in [4.69, 9.17) is 49.8 Å². The predicted octanol–water partition coefficient (Wildman–Crippen LogP) is 9.48. The van der Waals surface area contributed by atoms with Crippen molar-refractivity contribution >= 4 is 57.6 Å². The topological polar surface area (TPSA) is 37.6 Å². The molecule has 0 aliphatic heterocycles. The van der Waals surface area contributed by atoms with E-state index in [-0.39, 0.29) is 0 Å². The van der Waals surface area contributed by atoms with Gasteiger partial charge in [0.05, 0.1) is 43.6 Å². The van der Waals surface area contributed by atoms with Crippen LogP contribution in [-0.4, -0.2) is 16.4 Å². The second-order valence-electron chi connectivity index (χ2n) is 8.82. The number of hydrogen-bond acceptors (Lipinski definition) is 3. The highest BCUT2D eigenvalue weighted by Gasteiger charge is 2.17. The van der Waals surface area contributed by atoms with Crippen LogP contribution < -0.4 is 0 Å². The fraction of sp³-hybridized carbons (Fsp3) is 0.321. The lowest BCUT2D eigenvalue weighted by Gasteiger charge is -2.15. The Labute approximate surface area is 217 Å². The van der Waals surface area contributed by atoms with E-state index in [9.17, 15) is 0 Å². The molecule has 6 heteroatoms. The summed E-state index contributed by atoms with van der Waals surface area (Å²) in [5.41, 5.74) is 11.9. The van der Waals surface area contributed by atoms with Gasteiger partial charge in [-0.3, -0.25) is 0 Å². The van der Waals surface area contributed by atoms with Gasteiger partial charge in [-0.15, -0.1) is 0 Å². The van der Waals surface area contributed by atoms with Gasteiger partial charge in [0.2, 0.25) is 0 Å². The van der Waals surface area contributed by atoms with E-state index in [1.807, 2.05) is 59.7 Å². The predicted molar refractivity (Wildman–Crippen MR) is 149 cm³/mol. The van der Waals surface area contributed by atoms with Crippen LogP contribution in [0.5, 0.6) is 0 Å². The van der Waals surface area contributed by atoms with E-state index >= 15 is 0 Å². The Hall–Kier alpha value is -2.20. The molecule has 0 atom stereocenters. The Morgan fingerprint density at radius 3 is 1.38 bits per heavy atom. The Morgan fingerprint density at radius 1 is 0.559 bits per heavy atom. The molecular weight excluding hydrogens is 485 g/mol. The number of aromatic nitrogens is 1. The summed E-state index contributed by atoms with van der Waals surface area (Å²) in [6.07, 6.45) is 0. The molecule has 0 saturated carbocycles. The number of pyridine rings is 1. The van der Waals surface area contributed by atoms with Crippen molar-refractivity contribution < 1.29 is 0 Å². The molecule has 3 aromatic rings. The quantitative estimate of drug-likeness (QED) is 0.319. The molecular formula is C28H30Cl3N3. The standard InChI is InChI=1S/C28H30Cl3N3/c1-13-14(2)19(7)27(24(29)16(13)4)32-20(8)22-11-10-12-23(34-22)21(9)33-28-25(30)17(5)15(3)18(6)26(28)31/h10-12H,1-9H3. The molecule has 3 rings (SSSR count). The van der Waals surface area contributed by atoms with Gasteiger partial charge in [0.1, 0.15) is 5.69 Å². The van der Waals surface area contributed by atoms with Gasteiger partial charge in [-0.2, -0.15) is 0 Å². The normalized spacial score (nSPS) is 12.5. The summed E-state index contributed by atoms with van der Waals surface area (Å²) in [5.74, 6) is 0. The fourth-order valence-corrected chi connectivity index (χ4v) is 4.76. The van der Waals surface area contributed by atoms with Gasteiger partial charge in [0.15, 0.2) is 0 Å². The molecule has 0 aliphatic carbocycles. The maximum atomic E-state index is 6.67. The number of aliphatic imine (C=N–C) groups is 2. The average Bonchev–Trinajstić information content (AvgIpc) is 2.84. The van der Waals surface area contributed by atoms with Crippen molar-refractivity contribution in [1.82, 2.24) is 4.98 Å². The van der Waals surface area contributed by atoms with Crippen LogP contribution in [0.3, 0.4) is 0 Å². The zero-order valence-electron chi connectivity index (χ0n) is 21.2. The summed E-state index contributed by atoms with van der Waals surface area (Å²) in [7, 11) is 0. The van der Waals surface area contributed by atoms with Crippen LogP contribution >= 0.6 is 34.8 Å². The van der Waals surface area contributed by atoms with Crippen molar-refractivity contribution in [1.29, 1.82) is 0 Å². The number of hydrogen-bond donors (Lipinski definition) is 0. The van der Waals surface area contributed by atoms with E-state index in [0.29, 0.717) is 20.8 Å². The van der Waals surface area contributed by atoms with Crippen LogP contribution in [0.2, 0.25) is 15.1 Å². The first-order valence-corrected chi connectivity index (χ1v) is 12.3. The first kappa shape index (κ1) is 26.4. The first-order chi connectivity index (χ1) is 15.9. The lowest BCUT2D eigenvalue weighted by atomic mass is 9.97. The van der Waals surface area contributed by atoms with Crippen molar-refractivity contribution in [2.24, 2.45) is 9.98 Å². The van der Waals surface area contributed by atoms with Crippen molar-refractivity contribution in [3.8, 4) is 0 Å². The monoisotopic (exact) mass is 513 g/mol. The summed E-state index contributed by atoms with van der Waals surface area (Å²) in [5, 5.41) is 1.82. The molecule has 0 radical (unpaired) electrons. The van der Waals surface area contributed by atoms with Gasteiger partial charge in [0.25, 0.3) is 0 Å². The third kappa shape index (κ3) is 4.79. The minimum Gasteiger partial charge on any atom is -0.250 e. The molecule has 1 heterocycles. The highest BCUT2D eigenvalue weighted by Crippen LogP contribution is 2.41. The van der Waals surface area contributed by atoms with E-state index in [2.05, 4.69) is 20.8 Å². The Kier molecular flexibility index (Phi) is 7.92. The van der Waals surface area contributed by atoms with E-state index in [0.717, 1.165) is 56.3 Å². The van der Waals surface area contributed by atoms with Crippen LogP contribution in [0.25, 0.3) is 0 Å². The highest BCUT2D eigenvalue weighted by atomic mass is 35.5. The van der Waals surface area contributed by atoms with Gasteiger partial charge in [-0.05, 0) is 113 Å². The third-order valence-corrected chi connectivity index (χ3v) is 8.22. The third-order valence-electron chi connectivity index (χ3n) is 6.83. The van der Waals surface area contributed by atoms with Crippen molar-refractivity contribution in [2.75, 3.05) is 0 Å². The van der Waals surface area contributed by atoms with Crippen LogP contribution in [0, 0.1) is 48.5 Å². The maximum Gasteiger partial charge on any atom is 0.101 e. The van der Waals surface area contributed by atoms with Crippen molar-refractivity contribution in [2.45, 2.75) is 62.3 Å². The number of benzene rings is 2. The smallest absolute Gasteiger partial charge is 0.101 e. The highest BCUT2D eigenvalue weighted by molar-refractivity contribution is 6.40. The van der Waals surface area contributed by atoms with Crippen LogP contribution in [0.4, 0.5) is 11.4 Å². The molecule has 0 N–H and O–H groups in total. The summed E-state index contributed by atoms with van der Waals surface area (Å²) in [4.78, 5) is 14.5. The van der Waals surface area contributed by atoms with Gasteiger partial charge in [0, 0.05) is 0 Å². The molecule has 0 unspecified atom stereocenters. The maximum absolute atomic E-state index is 6.67. The fourth-order valence-electron chi connectivity index (χ4n) is 3.83. The Balaban J connectivity index is 2.08. The second-order valence-corrected chi connectivity index (χ2v) is 9.95. The second kappa shape index (κ2) is 10.2. The molecule has 0 aliphatic rings. The van der Waals surface area contributed by atoms with Crippen LogP contribution in [0.1, 0.15) is 64.2 Å². The van der Waals surface area contributed by atoms with Gasteiger partial charge < -0.3 is 0 Å². The number of halogens is 3. The van der Waals surface area contributed by atoms with Crippen molar-refractivity contribution in [3.63, 3.8) is 0 Å². The molecule has 0 fully saturated rings. The van der Waals surface area contributed by atoms with Gasteiger partial charge >= 0.3 is 0 Å². The summed E-state index contributed by atoms with van der Waals surface area (Å²) in [6.45, 7) is 18.1. The number of rotatable bonds is 4. The lowest BCUT2D eigenvalue weighted by Crippen LogP contribution is -2.05. The Morgan fingerprint density at radius 2 is 0.912 bits per heavy atom. The number of nitrogens with zero attached hydrogens (tertiary/aromatic N) is 3. The minimum atomic E-state index is 0.566. The average molecular weight is 515 g/mol. The zero-order chi connectivity index (χ0) is 25.5. The van der Waals surface area contributed by atoms with Crippen LogP contribution in [0.15, 0.2) is 28.2 Å². The van der Waals surface area contributed by atoms with E-state index < -0.39 is 0 Å². The largest absolute Gasteiger partial charge is 0.250 e. The van der Waals surface area contributed by atoms with Crippen molar-refractivity contribution in [3.05, 3.63) is 83.6 Å². The lowest BCUT2D eigenvalue weighted by molar-refractivity contribution is 1.20. The SMILES string of the molecule is CC(=Nc1c(C)c(C)c(C)c(C)c1Cl)c1cccc(C(C)=Nc2c(Cl)c(C)c(C)c(C)c2Cl)n1. The molecule has 0 amide bonds. The van der Waals surface area contributed by atoms with Gasteiger partial charge in [-0.1, -0.05) is 40.9 Å². The van der Waals surface area contributed by atoms with E-state index in [1.54, 1.807) is 0 Å². The molecule has 0 spiro atoms. The molecule has 0 saturated heterocycles. The first-order valence-electron chi connectivity index (χ1n) is 11.2. The molecule has 2 aromatic carbocycles. The summed E-state index contributed by atoms with van der Waals surface area (Å²) < 4.78 is 0. The molecule has 0 bridgehead atoms. The van der Waals surface area contributed by atoms with E-state index in [1.165, 1.54) is 11.1 Å². The molecule has 1 aromatic heterocycles. The zero-order valence-corrected chi connectivity index (χ0v) is 23.5. The Bertz CT molecular complexity index is 1210. The van der Waals surface area contributed by atoms with Crippen LogP contribution in [-0.2, 0) is 0 Å². The van der Waals surface area contributed by atoms with Gasteiger partial charge in [-0.25, -0.2) is 15.0 Å². The molecule has 178 valence electrons.